The molecule has 1 heterocycles. The first-order chi connectivity index (χ1) is 13.0. The van der Waals surface area contributed by atoms with E-state index in [0.717, 1.165) is 43.6 Å². The quantitative estimate of drug-likeness (QED) is 0.784. The summed E-state index contributed by atoms with van der Waals surface area (Å²) in [7, 11) is 0. The third kappa shape index (κ3) is 3.44. The van der Waals surface area contributed by atoms with E-state index in [0.29, 0.717) is 4.86 Å². The summed E-state index contributed by atoms with van der Waals surface area (Å²) in [6.45, 7) is 3.55. The van der Waals surface area contributed by atoms with Crippen molar-refractivity contribution in [2.45, 2.75) is 26.2 Å². The van der Waals surface area contributed by atoms with Crippen LogP contribution in [0.1, 0.15) is 24.5 Å². The van der Waals surface area contributed by atoms with Gasteiger partial charge in [0.05, 0.1) is 6.67 Å². The average Bonchev–Trinajstić information content (AvgIpc) is 3.17. The molecule has 0 radical (unpaired) electrons. The highest BCUT2D eigenvalue weighted by molar-refractivity contribution is 7.81. The summed E-state index contributed by atoms with van der Waals surface area (Å²) in [5.74, 6) is -1.26. The number of hydrogen-bond acceptors (Lipinski definition) is 4. The number of allylic oxidation sites excluding steroid dienone is 1. The zero-order valence-electron chi connectivity index (χ0n) is 15.4. The molecule has 2 atom stereocenters. The third-order valence-electron chi connectivity index (χ3n) is 5.85. The Balaban J connectivity index is 1.73. The number of aryl methyl sites for hydroxylation is 1. The molecule has 0 aromatic heterocycles. The lowest BCUT2D eigenvalue weighted by molar-refractivity contribution is -0.138. The Labute approximate surface area is 165 Å². The minimum atomic E-state index is -0.852. The summed E-state index contributed by atoms with van der Waals surface area (Å²) in [5.41, 5.74) is 6.13. The average molecular weight is 381 g/mol. The maximum absolute atomic E-state index is 11.8. The SMILES string of the molecule is CC1=CC(C(=O)O)C(=S)C(C2CCc3ccccc3C2)=C1CN1C=CNC1. The molecule has 0 saturated carbocycles. The van der Waals surface area contributed by atoms with Crippen LogP contribution < -0.4 is 5.32 Å². The van der Waals surface area contributed by atoms with Gasteiger partial charge in [0.1, 0.15) is 5.92 Å². The number of carboxylic acids is 1. The van der Waals surface area contributed by atoms with Crippen molar-refractivity contribution < 1.29 is 9.90 Å². The van der Waals surface area contributed by atoms with Crippen LogP contribution in [0.25, 0.3) is 0 Å². The Kier molecular flexibility index (Phi) is 4.87. The van der Waals surface area contributed by atoms with E-state index in [2.05, 4.69) is 34.5 Å². The fourth-order valence-corrected chi connectivity index (χ4v) is 4.89. The highest BCUT2D eigenvalue weighted by atomic mass is 32.1. The van der Waals surface area contributed by atoms with Gasteiger partial charge in [0.15, 0.2) is 0 Å². The van der Waals surface area contributed by atoms with Gasteiger partial charge in [0.2, 0.25) is 0 Å². The summed E-state index contributed by atoms with van der Waals surface area (Å²) < 4.78 is 0. The normalized spacial score (nSPS) is 24.6. The summed E-state index contributed by atoms with van der Waals surface area (Å²) in [6, 6.07) is 8.57. The zero-order chi connectivity index (χ0) is 19.0. The highest BCUT2D eigenvalue weighted by Gasteiger charge is 2.35. The first-order valence-corrected chi connectivity index (χ1v) is 9.85. The van der Waals surface area contributed by atoms with E-state index in [1.54, 1.807) is 0 Å². The lowest BCUT2D eigenvalue weighted by atomic mass is 9.72. The second kappa shape index (κ2) is 7.31. The molecule has 0 spiro atoms. The standard InChI is InChI=1S/C22H24N2O2S/c1-14-10-18(22(25)26)21(27)20(19(14)12-24-9-8-23-13-24)17-7-6-15-4-2-3-5-16(15)11-17/h2-5,8-10,17-18,23H,6-7,11-13H2,1H3,(H,25,26). The Morgan fingerprint density at radius 2 is 2.11 bits per heavy atom. The topological polar surface area (TPSA) is 52.6 Å². The van der Waals surface area contributed by atoms with Crippen molar-refractivity contribution in [3.05, 3.63) is 70.6 Å². The van der Waals surface area contributed by atoms with Gasteiger partial charge in [-0.3, -0.25) is 4.79 Å². The molecule has 27 heavy (non-hydrogen) atoms. The molecule has 0 fully saturated rings. The number of carbonyl (C=O) groups is 1. The van der Waals surface area contributed by atoms with Gasteiger partial charge in [-0.15, -0.1) is 0 Å². The molecule has 5 heteroatoms. The largest absolute Gasteiger partial charge is 0.481 e. The van der Waals surface area contributed by atoms with Crippen LogP contribution in [-0.4, -0.2) is 34.1 Å². The van der Waals surface area contributed by atoms with Gasteiger partial charge < -0.3 is 15.3 Å². The maximum atomic E-state index is 11.8. The van der Waals surface area contributed by atoms with Gasteiger partial charge in [-0.25, -0.2) is 0 Å². The number of hydrogen-bond donors (Lipinski definition) is 2. The number of nitrogens with one attached hydrogen (secondary N) is 1. The van der Waals surface area contributed by atoms with Gasteiger partial charge in [0.25, 0.3) is 0 Å². The maximum Gasteiger partial charge on any atom is 0.315 e. The van der Waals surface area contributed by atoms with Crippen LogP contribution in [0.15, 0.2) is 59.5 Å². The van der Waals surface area contributed by atoms with Gasteiger partial charge in [0, 0.05) is 23.8 Å². The summed E-state index contributed by atoms with van der Waals surface area (Å²) >= 11 is 5.74. The number of nitrogens with zero attached hydrogens (tertiary/aromatic N) is 1. The molecule has 2 unspecified atom stereocenters. The second-order valence-corrected chi connectivity index (χ2v) is 8.00. The van der Waals surface area contributed by atoms with Gasteiger partial charge >= 0.3 is 5.97 Å². The van der Waals surface area contributed by atoms with Crippen LogP contribution in [-0.2, 0) is 17.6 Å². The lowest BCUT2D eigenvalue weighted by Gasteiger charge is -2.34. The van der Waals surface area contributed by atoms with Crippen LogP contribution in [0.2, 0.25) is 0 Å². The van der Waals surface area contributed by atoms with Crippen molar-refractivity contribution in [3.63, 3.8) is 0 Å². The van der Waals surface area contributed by atoms with Crippen LogP contribution in [0.5, 0.6) is 0 Å². The first-order valence-electron chi connectivity index (χ1n) is 9.44. The van der Waals surface area contributed by atoms with E-state index in [4.69, 9.17) is 12.2 Å². The second-order valence-electron chi connectivity index (χ2n) is 7.56. The van der Waals surface area contributed by atoms with E-state index in [-0.39, 0.29) is 5.92 Å². The minimum absolute atomic E-state index is 0.285. The Morgan fingerprint density at radius 3 is 2.81 bits per heavy atom. The molecular weight excluding hydrogens is 356 g/mol. The molecule has 140 valence electrons. The fraction of sp³-hybridized carbons (Fsp3) is 0.364. The molecule has 3 aliphatic rings. The van der Waals surface area contributed by atoms with Crippen molar-refractivity contribution in [2.24, 2.45) is 11.8 Å². The molecule has 1 aromatic rings. The first kappa shape index (κ1) is 18.0. The Hall–Kier alpha value is -2.40. The number of aliphatic carboxylic acids is 1. The van der Waals surface area contributed by atoms with Gasteiger partial charge in [-0.1, -0.05) is 42.6 Å². The summed E-state index contributed by atoms with van der Waals surface area (Å²) in [6.07, 6.45) is 8.78. The molecule has 0 bridgehead atoms. The van der Waals surface area contributed by atoms with Crippen LogP contribution in [0, 0.1) is 11.8 Å². The molecule has 0 amide bonds. The van der Waals surface area contributed by atoms with Crippen molar-refractivity contribution >= 4 is 23.1 Å². The third-order valence-corrected chi connectivity index (χ3v) is 6.32. The molecular formula is C22H24N2O2S. The van der Waals surface area contributed by atoms with E-state index in [1.165, 1.54) is 16.7 Å². The monoisotopic (exact) mass is 380 g/mol. The van der Waals surface area contributed by atoms with Crippen molar-refractivity contribution in [2.75, 3.05) is 13.2 Å². The Morgan fingerprint density at radius 1 is 1.33 bits per heavy atom. The number of benzene rings is 1. The van der Waals surface area contributed by atoms with E-state index in [1.807, 2.05) is 25.4 Å². The number of carboxylic acid groups (broad SMARTS) is 1. The molecule has 1 aliphatic heterocycles. The highest BCUT2D eigenvalue weighted by Crippen LogP contribution is 2.38. The van der Waals surface area contributed by atoms with Crippen molar-refractivity contribution in [1.82, 2.24) is 10.2 Å². The summed E-state index contributed by atoms with van der Waals surface area (Å²) in [5, 5.41) is 12.9. The zero-order valence-corrected chi connectivity index (χ0v) is 16.3. The van der Waals surface area contributed by atoms with Crippen LogP contribution >= 0.6 is 12.2 Å². The van der Waals surface area contributed by atoms with Crippen molar-refractivity contribution in [3.8, 4) is 0 Å². The number of thiocarbonyl (C=S) groups is 1. The predicted octanol–water partition coefficient (Wildman–Crippen LogP) is 3.45. The Bertz CT molecular complexity index is 884. The number of rotatable bonds is 4. The molecule has 2 N–H and O–H groups in total. The minimum Gasteiger partial charge on any atom is -0.481 e. The molecule has 2 aliphatic carbocycles. The fourth-order valence-electron chi connectivity index (χ4n) is 4.43. The molecule has 0 saturated heterocycles. The van der Waals surface area contributed by atoms with E-state index < -0.39 is 11.9 Å². The van der Waals surface area contributed by atoms with Crippen molar-refractivity contribution in [1.29, 1.82) is 0 Å². The predicted molar refractivity (Wildman–Crippen MR) is 110 cm³/mol. The van der Waals surface area contributed by atoms with Gasteiger partial charge in [-0.05, 0) is 60.0 Å². The smallest absolute Gasteiger partial charge is 0.315 e. The van der Waals surface area contributed by atoms with Crippen LogP contribution in [0.3, 0.4) is 0 Å². The lowest BCUT2D eigenvalue weighted by Crippen LogP contribution is -2.34. The molecule has 1 aromatic carbocycles. The van der Waals surface area contributed by atoms with Gasteiger partial charge in [-0.2, -0.15) is 0 Å². The van der Waals surface area contributed by atoms with E-state index in [9.17, 15) is 9.90 Å². The molecule has 4 nitrogen and oxygen atoms in total. The van der Waals surface area contributed by atoms with E-state index >= 15 is 0 Å². The number of fused-ring (bicyclic) bond motifs is 1. The molecule has 4 rings (SSSR count). The van der Waals surface area contributed by atoms with Crippen LogP contribution in [0.4, 0.5) is 0 Å². The summed E-state index contributed by atoms with van der Waals surface area (Å²) in [4.78, 5) is 14.6.